The fourth-order valence-electron chi connectivity index (χ4n) is 5.06. The molecule has 1 aromatic heterocycles. The molecule has 1 aromatic carbocycles. The second kappa shape index (κ2) is 10.6. The minimum absolute atomic E-state index is 0.0199. The largest absolute Gasteiger partial charge is 0.356 e. The monoisotopic (exact) mass is 487 g/mol. The Morgan fingerprint density at radius 3 is 2.50 bits per heavy atom. The second-order valence-corrected chi connectivity index (χ2v) is 11.6. The molecule has 1 unspecified atom stereocenters. The molecule has 2 aliphatic heterocycles. The summed E-state index contributed by atoms with van der Waals surface area (Å²) in [5.74, 6) is 0.439. The van der Waals surface area contributed by atoms with Crippen molar-refractivity contribution in [1.82, 2.24) is 24.3 Å². The average Bonchev–Trinajstić information content (AvgIpc) is 3.54. The first-order valence-corrected chi connectivity index (χ1v) is 13.8. The summed E-state index contributed by atoms with van der Waals surface area (Å²) in [5.41, 5.74) is 3.71. The fourth-order valence-corrected chi connectivity index (χ4v) is 6.95. The molecule has 2 aliphatic rings. The lowest BCUT2D eigenvalue weighted by molar-refractivity contribution is -0.121. The van der Waals surface area contributed by atoms with E-state index in [1.54, 1.807) is 22.8 Å². The van der Waals surface area contributed by atoms with Crippen molar-refractivity contribution in [2.24, 2.45) is 5.92 Å². The van der Waals surface area contributed by atoms with E-state index in [2.05, 4.69) is 46.5 Å². The minimum atomic E-state index is -3.52. The van der Waals surface area contributed by atoms with Gasteiger partial charge in [-0.2, -0.15) is 9.40 Å². The molecule has 1 N–H and O–H groups in total. The highest BCUT2D eigenvalue weighted by Crippen LogP contribution is 2.26. The van der Waals surface area contributed by atoms with Gasteiger partial charge in [-0.05, 0) is 58.1 Å². The van der Waals surface area contributed by atoms with Crippen molar-refractivity contribution in [2.75, 3.05) is 32.7 Å². The summed E-state index contributed by atoms with van der Waals surface area (Å²) in [6.07, 6.45) is 3.17. The molecule has 4 rings (SSSR count). The Morgan fingerprint density at radius 2 is 1.79 bits per heavy atom. The molecule has 8 nitrogen and oxygen atoms in total. The van der Waals surface area contributed by atoms with Gasteiger partial charge in [-0.3, -0.25) is 14.4 Å². The van der Waals surface area contributed by atoms with Crippen LogP contribution in [-0.4, -0.2) is 66.0 Å². The van der Waals surface area contributed by atoms with Gasteiger partial charge in [0.1, 0.15) is 4.90 Å². The Bertz CT molecular complexity index is 1100. The van der Waals surface area contributed by atoms with E-state index in [9.17, 15) is 13.2 Å². The van der Waals surface area contributed by atoms with E-state index in [1.807, 2.05) is 0 Å². The Kier molecular flexibility index (Phi) is 7.74. The van der Waals surface area contributed by atoms with Gasteiger partial charge in [-0.25, -0.2) is 8.42 Å². The first-order chi connectivity index (χ1) is 16.2. The minimum Gasteiger partial charge on any atom is -0.356 e. The third-order valence-electron chi connectivity index (χ3n) is 7.01. The molecular formula is C25H37N5O3S. The maximum Gasteiger partial charge on any atom is 0.246 e. The van der Waals surface area contributed by atoms with Crippen molar-refractivity contribution >= 4 is 15.9 Å². The highest BCUT2D eigenvalue weighted by Gasteiger charge is 2.32. The number of sulfonamides is 1. The molecule has 2 aromatic rings. The summed E-state index contributed by atoms with van der Waals surface area (Å²) in [4.78, 5) is 15.2. The van der Waals surface area contributed by atoms with E-state index >= 15 is 0 Å². The number of aryl methyl sites for hydroxylation is 3. The number of hydrogen-bond donors (Lipinski definition) is 1. The van der Waals surface area contributed by atoms with Gasteiger partial charge in [0.15, 0.2) is 0 Å². The molecule has 0 spiro atoms. The number of hydrogen-bond acceptors (Lipinski definition) is 5. The van der Waals surface area contributed by atoms with Gasteiger partial charge in [0.05, 0.1) is 17.9 Å². The molecule has 186 valence electrons. The van der Waals surface area contributed by atoms with Crippen LogP contribution in [0.15, 0.2) is 29.2 Å². The van der Waals surface area contributed by atoms with E-state index in [-0.39, 0.29) is 12.3 Å². The van der Waals surface area contributed by atoms with Crippen molar-refractivity contribution in [1.29, 1.82) is 0 Å². The molecule has 1 amide bonds. The summed E-state index contributed by atoms with van der Waals surface area (Å²) in [6.45, 7) is 10.8. The Balaban J connectivity index is 1.24. The maximum absolute atomic E-state index is 13.0. The number of amides is 1. The van der Waals surface area contributed by atoms with Gasteiger partial charge in [0.25, 0.3) is 0 Å². The Hall–Kier alpha value is -2.23. The van der Waals surface area contributed by atoms with Crippen molar-refractivity contribution in [3.63, 3.8) is 0 Å². The topological polar surface area (TPSA) is 87.5 Å². The Labute approximate surface area is 203 Å². The standard InChI is InChI=1S/C25H37N5O3S/c1-19-6-8-22(9-7-19)17-28-14-10-23(18-28)16-26-24(31)11-15-30-21(3)25(20(2)27-30)34(32,33)29-12-4-5-13-29/h6-9,23H,4-5,10-18H2,1-3H3,(H,26,31). The number of nitrogens with zero attached hydrogens (tertiary/aromatic N) is 4. The summed E-state index contributed by atoms with van der Waals surface area (Å²) >= 11 is 0. The molecule has 2 fully saturated rings. The molecule has 0 bridgehead atoms. The van der Waals surface area contributed by atoms with Gasteiger partial charge in [-0.15, -0.1) is 0 Å². The number of benzene rings is 1. The van der Waals surface area contributed by atoms with Gasteiger partial charge < -0.3 is 5.32 Å². The number of nitrogens with one attached hydrogen (secondary N) is 1. The summed E-state index contributed by atoms with van der Waals surface area (Å²) in [7, 11) is -3.52. The number of aromatic nitrogens is 2. The lowest BCUT2D eigenvalue weighted by Gasteiger charge is -2.17. The molecule has 2 saturated heterocycles. The third kappa shape index (κ3) is 5.70. The van der Waals surface area contributed by atoms with Crippen LogP contribution in [0.3, 0.4) is 0 Å². The highest BCUT2D eigenvalue weighted by atomic mass is 32.2. The van der Waals surface area contributed by atoms with Crippen LogP contribution in [0.4, 0.5) is 0 Å². The van der Waals surface area contributed by atoms with Crippen LogP contribution in [-0.2, 0) is 27.9 Å². The molecule has 0 saturated carbocycles. The molecule has 0 aliphatic carbocycles. The number of likely N-dealkylation sites (tertiary alicyclic amines) is 1. The lowest BCUT2D eigenvalue weighted by Crippen LogP contribution is -2.31. The van der Waals surface area contributed by atoms with E-state index in [0.717, 1.165) is 38.9 Å². The zero-order chi connectivity index (χ0) is 24.3. The Morgan fingerprint density at radius 1 is 1.09 bits per heavy atom. The summed E-state index contributed by atoms with van der Waals surface area (Å²) < 4.78 is 29.3. The first kappa shape index (κ1) is 24.9. The number of rotatable bonds is 9. The van der Waals surface area contributed by atoms with E-state index < -0.39 is 10.0 Å². The van der Waals surface area contributed by atoms with E-state index in [0.29, 0.717) is 48.4 Å². The van der Waals surface area contributed by atoms with Crippen LogP contribution in [0.1, 0.15) is 48.2 Å². The maximum atomic E-state index is 13.0. The van der Waals surface area contributed by atoms with Crippen LogP contribution in [0.5, 0.6) is 0 Å². The second-order valence-electron chi connectivity index (χ2n) is 9.76. The van der Waals surface area contributed by atoms with Crippen molar-refractivity contribution in [2.45, 2.75) is 64.4 Å². The molecular weight excluding hydrogens is 450 g/mol. The van der Waals surface area contributed by atoms with Crippen molar-refractivity contribution < 1.29 is 13.2 Å². The lowest BCUT2D eigenvalue weighted by atomic mass is 10.1. The number of carbonyl (C=O) groups excluding carboxylic acids is 1. The average molecular weight is 488 g/mol. The van der Waals surface area contributed by atoms with Gasteiger partial charge in [-0.1, -0.05) is 29.8 Å². The van der Waals surface area contributed by atoms with Crippen LogP contribution >= 0.6 is 0 Å². The summed E-state index contributed by atoms with van der Waals surface area (Å²) in [6, 6.07) is 8.67. The predicted octanol–water partition coefficient (Wildman–Crippen LogP) is 2.62. The molecule has 1 atom stereocenters. The van der Waals surface area contributed by atoms with Crippen LogP contribution in [0, 0.1) is 26.7 Å². The number of carbonyl (C=O) groups is 1. The first-order valence-electron chi connectivity index (χ1n) is 12.3. The quantitative estimate of drug-likeness (QED) is 0.588. The smallest absolute Gasteiger partial charge is 0.246 e. The van der Waals surface area contributed by atoms with E-state index in [1.165, 1.54) is 11.1 Å². The highest BCUT2D eigenvalue weighted by molar-refractivity contribution is 7.89. The van der Waals surface area contributed by atoms with Gasteiger partial charge >= 0.3 is 0 Å². The van der Waals surface area contributed by atoms with Gasteiger partial charge in [0, 0.05) is 39.1 Å². The normalized spacial score (nSPS) is 19.7. The zero-order valence-corrected chi connectivity index (χ0v) is 21.4. The van der Waals surface area contributed by atoms with Crippen LogP contribution < -0.4 is 5.32 Å². The van der Waals surface area contributed by atoms with E-state index in [4.69, 9.17) is 0 Å². The fraction of sp³-hybridized carbons (Fsp3) is 0.600. The van der Waals surface area contributed by atoms with Gasteiger partial charge in [0.2, 0.25) is 15.9 Å². The predicted molar refractivity (Wildman–Crippen MR) is 132 cm³/mol. The third-order valence-corrected chi connectivity index (χ3v) is 9.17. The zero-order valence-electron chi connectivity index (χ0n) is 20.6. The van der Waals surface area contributed by atoms with Crippen LogP contribution in [0.2, 0.25) is 0 Å². The summed E-state index contributed by atoms with van der Waals surface area (Å²) in [5, 5.41) is 7.51. The molecule has 3 heterocycles. The molecule has 0 radical (unpaired) electrons. The van der Waals surface area contributed by atoms with Crippen molar-refractivity contribution in [3.05, 3.63) is 46.8 Å². The SMILES string of the molecule is Cc1ccc(CN2CCC(CNC(=O)CCn3nc(C)c(S(=O)(=O)N4CCCC4)c3C)C2)cc1. The van der Waals surface area contributed by atoms with Crippen LogP contribution in [0.25, 0.3) is 0 Å². The molecule has 9 heteroatoms. The molecule has 34 heavy (non-hydrogen) atoms. The van der Waals surface area contributed by atoms with Crippen molar-refractivity contribution in [3.8, 4) is 0 Å².